The van der Waals surface area contributed by atoms with Gasteiger partial charge in [-0.15, -0.1) is 0 Å². The van der Waals surface area contributed by atoms with Crippen LogP contribution in [0.1, 0.15) is 20.3 Å². The first kappa shape index (κ1) is 23.7. The van der Waals surface area contributed by atoms with Gasteiger partial charge >= 0.3 is 0 Å². The van der Waals surface area contributed by atoms with E-state index in [9.17, 15) is 18.1 Å². The molecule has 0 aromatic carbocycles. The van der Waals surface area contributed by atoms with E-state index in [0.717, 1.165) is 39.3 Å². The van der Waals surface area contributed by atoms with Gasteiger partial charge in [0.25, 0.3) is 0 Å². The molecular weight excluding hydrogens is 358 g/mol. The van der Waals surface area contributed by atoms with Gasteiger partial charge in [0, 0.05) is 38.4 Å². The Balaban J connectivity index is 2.61. The van der Waals surface area contributed by atoms with Gasteiger partial charge in [0.05, 0.1) is 43.5 Å². The summed E-state index contributed by atoms with van der Waals surface area (Å²) in [6.45, 7) is 12.6. The number of ether oxygens (including phenoxy) is 1. The summed E-state index contributed by atoms with van der Waals surface area (Å²) in [5.41, 5.74) is 0. The highest BCUT2D eigenvalue weighted by Crippen LogP contribution is 2.10. The minimum Gasteiger partial charge on any atom is -0.748 e. The van der Waals surface area contributed by atoms with E-state index >= 15 is 0 Å². The van der Waals surface area contributed by atoms with Crippen molar-refractivity contribution < 1.29 is 27.3 Å². The summed E-state index contributed by atoms with van der Waals surface area (Å²) in [5.74, 6) is -0.342. The van der Waals surface area contributed by atoms with Gasteiger partial charge in [-0.05, 0) is 13.1 Å². The number of morpholine rings is 1. The average molecular weight is 396 g/mol. The standard InChI is InChI=1S/C17H37N3O5S/c1-4-18(5-2)7-11-20(3,10-6-14-26(22,23)24)16-17(21)15-19-8-12-25-13-9-19/h17,21H,4-16H2,1-3H3. The van der Waals surface area contributed by atoms with Crippen LogP contribution >= 0.6 is 0 Å². The molecule has 2 unspecified atom stereocenters. The van der Waals surface area contributed by atoms with Crippen molar-refractivity contribution in [3.8, 4) is 0 Å². The van der Waals surface area contributed by atoms with Crippen molar-refractivity contribution in [2.24, 2.45) is 0 Å². The third-order valence-corrected chi connectivity index (χ3v) is 5.96. The monoisotopic (exact) mass is 395 g/mol. The third-order valence-electron chi connectivity index (χ3n) is 5.17. The molecule has 0 aliphatic carbocycles. The molecule has 1 fully saturated rings. The van der Waals surface area contributed by atoms with Gasteiger partial charge in [0.15, 0.2) is 0 Å². The van der Waals surface area contributed by atoms with Crippen molar-refractivity contribution in [2.75, 3.05) is 84.9 Å². The van der Waals surface area contributed by atoms with Crippen LogP contribution in [0.5, 0.6) is 0 Å². The second-order valence-corrected chi connectivity index (χ2v) is 8.98. The summed E-state index contributed by atoms with van der Waals surface area (Å²) in [7, 11) is -2.15. The Hall–Kier alpha value is -0.290. The highest BCUT2D eigenvalue weighted by atomic mass is 32.2. The number of likely N-dealkylation sites (N-methyl/N-ethyl adjacent to an activating group) is 2. The molecule has 8 nitrogen and oxygen atoms in total. The van der Waals surface area contributed by atoms with Crippen LogP contribution in [0.4, 0.5) is 0 Å². The van der Waals surface area contributed by atoms with E-state index in [1.807, 2.05) is 7.05 Å². The molecule has 1 heterocycles. The Kier molecular flexibility index (Phi) is 10.5. The smallest absolute Gasteiger partial charge is 0.115 e. The van der Waals surface area contributed by atoms with Crippen LogP contribution in [0.15, 0.2) is 0 Å². The van der Waals surface area contributed by atoms with E-state index in [2.05, 4.69) is 23.6 Å². The zero-order valence-corrected chi connectivity index (χ0v) is 17.4. The highest BCUT2D eigenvalue weighted by molar-refractivity contribution is 7.85. The first-order chi connectivity index (χ1) is 12.2. The number of quaternary nitrogens is 1. The first-order valence-electron chi connectivity index (χ1n) is 9.65. The molecule has 1 rings (SSSR count). The van der Waals surface area contributed by atoms with Crippen LogP contribution in [0, 0.1) is 0 Å². The Morgan fingerprint density at radius 2 is 1.85 bits per heavy atom. The van der Waals surface area contributed by atoms with Gasteiger partial charge in [0.1, 0.15) is 12.6 Å². The SMILES string of the molecule is CCN(CC)CC[N+](C)(CCCS(=O)(=O)[O-])CC(O)CN1CCOCC1. The normalized spacial score (nSPS) is 20.2. The van der Waals surface area contributed by atoms with Gasteiger partial charge in [0.2, 0.25) is 0 Å². The minimum absolute atomic E-state index is 0.324. The molecule has 0 radical (unpaired) electrons. The van der Waals surface area contributed by atoms with Crippen LogP contribution in [0.25, 0.3) is 0 Å². The van der Waals surface area contributed by atoms with Crippen molar-refractivity contribution >= 4 is 10.1 Å². The number of hydrogen-bond acceptors (Lipinski definition) is 7. The van der Waals surface area contributed by atoms with Crippen LogP contribution in [0.3, 0.4) is 0 Å². The lowest BCUT2D eigenvalue weighted by molar-refractivity contribution is -0.911. The second-order valence-electron chi connectivity index (χ2n) is 7.46. The number of aliphatic hydroxyl groups is 1. The lowest BCUT2D eigenvalue weighted by atomic mass is 10.2. The Labute approximate surface area is 159 Å². The molecule has 2 atom stereocenters. The molecule has 0 aromatic heterocycles. The van der Waals surface area contributed by atoms with E-state index in [1.165, 1.54) is 0 Å². The predicted molar refractivity (Wildman–Crippen MR) is 101 cm³/mol. The lowest BCUT2D eigenvalue weighted by Gasteiger charge is -2.39. The summed E-state index contributed by atoms with van der Waals surface area (Å²) >= 11 is 0. The largest absolute Gasteiger partial charge is 0.748 e. The number of nitrogens with zero attached hydrogens (tertiary/aromatic N) is 3. The van der Waals surface area contributed by atoms with Crippen molar-refractivity contribution in [1.82, 2.24) is 9.80 Å². The quantitative estimate of drug-likeness (QED) is 0.329. The molecule has 1 aliphatic heterocycles. The molecule has 1 N–H and O–H groups in total. The van der Waals surface area contributed by atoms with E-state index < -0.39 is 16.2 Å². The molecule has 0 spiro atoms. The van der Waals surface area contributed by atoms with E-state index in [1.54, 1.807) is 0 Å². The molecule has 0 aromatic rings. The average Bonchev–Trinajstić information content (AvgIpc) is 2.55. The maximum Gasteiger partial charge on any atom is 0.115 e. The Bertz CT molecular complexity index is 481. The molecule has 0 amide bonds. The minimum atomic E-state index is -4.19. The summed E-state index contributed by atoms with van der Waals surface area (Å²) in [5, 5.41) is 10.6. The zero-order chi connectivity index (χ0) is 19.6. The lowest BCUT2D eigenvalue weighted by Crippen LogP contribution is -2.55. The molecular formula is C17H37N3O5S. The van der Waals surface area contributed by atoms with Gasteiger partial charge in [-0.3, -0.25) is 9.80 Å². The van der Waals surface area contributed by atoms with Crippen LogP contribution < -0.4 is 0 Å². The van der Waals surface area contributed by atoms with Crippen LogP contribution in [0.2, 0.25) is 0 Å². The summed E-state index contributed by atoms with van der Waals surface area (Å²) < 4.78 is 38.7. The van der Waals surface area contributed by atoms with E-state index in [-0.39, 0.29) is 5.75 Å². The molecule has 1 saturated heterocycles. The van der Waals surface area contributed by atoms with Gasteiger partial charge in [-0.25, -0.2) is 8.42 Å². The summed E-state index contributed by atoms with van der Waals surface area (Å²) in [6.07, 6.45) is -0.163. The van der Waals surface area contributed by atoms with Gasteiger partial charge in [-0.1, -0.05) is 13.8 Å². The molecule has 1 aliphatic rings. The van der Waals surface area contributed by atoms with Crippen LogP contribution in [-0.2, 0) is 14.9 Å². The second kappa shape index (κ2) is 11.5. The maximum absolute atomic E-state index is 10.9. The van der Waals surface area contributed by atoms with Crippen molar-refractivity contribution in [1.29, 1.82) is 0 Å². The fraction of sp³-hybridized carbons (Fsp3) is 1.00. The Morgan fingerprint density at radius 3 is 2.38 bits per heavy atom. The first-order valence-corrected chi connectivity index (χ1v) is 11.2. The summed E-state index contributed by atoms with van der Waals surface area (Å²) in [6, 6.07) is 0. The van der Waals surface area contributed by atoms with Crippen molar-refractivity contribution in [3.05, 3.63) is 0 Å². The number of rotatable bonds is 13. The number of hydrogen-bond donors (Lipinski definition) is 1. The van der Waals surface area contributed by atoms with E-state index in [4.69, 9.17) is 4.74 Å². The molecule has 26 heavy (non-hydrogen) atoms. The van der Waals surface area contributed by atoms with Crippen molar-refractivity contribution in [2.45, 2.75) is 26.4 Å². The molecule has 0 bridgehead atoms. The zero-order valence-electron chi connectivity index (χ0n) is 16.6. The van der Waals surface area contributed by atoms with Crippen LogP contribution in [-0.4, -0.2) is 123 Å². The highest BCUT2D eigenvalue weighted by Gasteiger charge is 2.27. The topological polar surface area (TPSA) is 93.1 Å². The van der Waals surface area contributed by atoms with Crippen molar-refractivity contribution in [3.63, 3.8) is 0 Å². The Morgan fingerprint density at radius 1 is 1.23 bits per heavy atom. The summed E-state index contributed by atoms with van der Waals surface area (Å²) in [4.78, 5) is 4.51. The molecule has 0 saturated carbocycles. The van der Waals surface area contributed by atoms with E-state index in [0.29, 0.717) is 43.8 Å². The molecule has 9 heteroatoms. The van der Waals surface area contributed by atoms with Gasteiger partial charge < -0.3 is 18.9 Å². The molecule has 156 valence electrons. The fourth-order valence-corrected chi connectivity index (χ4v) is 3.97. The predicted octanol–water partition coefficient (Wildman–Crippen LogP) is -0.597. The fourth-order valence-electron chi connectivity index (χ4n) is 3.49. The number of aliphatic hydroxyl groups excluding tert-OH is 1. The number of β-amino-alcohol motifs (C(OH)–C–C–N with tert-alkyl or cyclic N) is 1. The van der Waals surface area contributed by atoms with Gasteiger partial charge in [-0.2, -0.15) is 0 Å². The third kappa shape index (κ3) is 10.1. The maximum atomic E-state index is 10.9.